The van der Waals surface area contributed by atoms with Crippen LogP contribution in [-0.4, -0.2) is 18.4 Å². The predicted octanol–water partition coefficient (Wildman–Crippen LogP) is 2.63. The first-order valence-corrected chi connectivity index (χ1v) is 5.55. The molecule has 0 rings (SSSR count). The van der Waals surface area contributed by atoms with E-state index in [0.717, 1.165) is 6.42 Å². The highest BCUT2D eigenvalue weighted by Gasteiger charge is 2.21. The fourth-order valence-corrected chi connectivity index (χ4v) is 1.34. The third-order valence-electron chi connectivity index (χ3n) is 2.61. The molecule has 0 spiro atoms. The van der Waals surface area contributed by atoms with E-state index in [9.17, 15) is 4.79 Å². The van der Waals surface area contributed by atoms with Crippen LogP contribution < -0.4 is 5.32 Å². The Morgan fingerprint density at radius 1 is 1.29 bits per heavy atom. The molecule has 0 aliphatic heterocycles. The zero-order chi connectivity index (χ0) is 11.4. The van der Waals surface area contributed by atoms with Gasteiger partial charge in [-0.1, -0.05) is 41.5 Å². The van der Waals surface area contributed by atoms with Crippen molar-refractivity contribution in [3.63, 3.8) is 0 Å². The van der Waals surface area contributed by atoms with Gasteiger partial charge in [-0.15, -0.1) is 0 Å². The lowest BCUT2D eigenvalue weighted by Crippen LogP contribution is -2.40. The maximum Gasteiger partial charge on any atom is 0.151 e. The van der Waals surface area contributed by atoms with Gasteiger partial charge in [-0.25, -0.2) is 0 Å². The molecule has 1 unspecified atom stereocenters. The third kappa shape index (κ3) is 4.75. The highest BCUT2D eigenvalue weighted by atomic mass is 16.1. The Morgan fingerprint density at radius 3 is 2.07 bits per heavy atom. The minimum absolute atomic E-state index is 0.220. The van der Waals surface area contributed by atoms with Crippen LogP contribution >= 0.6 is 0 Å². The van der Waals surface area contributed by atoms with Crippen molar-refractivity contribution in [2.75, 3.05) is 6.54 Å². The number of ketones is 1. The van der Waals surface area contributed by atoms with Crippen molar-refractivity contribution in [2.24, 2.45) is 11.3 Å². The monoisotopic (exact) mass is 199 g/mol. The number of rotatable bonds is 5. The van der Waals surface area contributed by atoms with Crippen LogP contribution in [0, 0.1) is 11.3 Å². The van der Waals surface area contributed by atoms with Gasteiger partial charge < -0.3 is 5.32 Å². The minimum Gasteiger partial charge on any atom is -0.307 e. The van der Waals surface area contributed by atoms with E-state index >= 15 is 0 Å². The minimum atomic E-state index is -0.220. The molecule has 0 saturated carbocycles. The lowest BCUT2D eigenvalue weighted by Gasteiger charge is -2.23. The molecular weight excluding hydrogens is 174 g/mol. The maximum absolute atomic E-state index is 11.6. The molecule has 0 amide bonds. The van der Waals surface area contributed by atoms with Crippen LogP contribution in [0.25, 0.3) is 0 Å². The highest BCUT2D eigenvalue weighted by Crippen LogP contribution is 2.14. The van der Waals surface area contributed by atoms with E-state index < -0.39 is 0 Å². The molecule has 0 aliphatic rings. The van der Waals surface area contributed by atoms with Gasteiger partial charge in [0.2, 0.25) is 0 Å². The molecule has 2 nitrogen and oxygen atoms in total. The highest BCUT2D eigenvalue weighted by molar-refractivity contribution is 5.85. The molecule has 0 radical (unpaired) electrons. The summed E-state index contributed by atoms with van der Waals surface area (Å²) in [6.07, 6.45) is 1.08. The van der Waals surface area contributed by atoms with Crippen molar-refractivity contribution in [1.29, 1.82) is 0 Å². The van der Waals surface area contributed by atoms with Crippen molar-refractivity contribution in [3.8, 4) is 0 Å². The van der Waals surface area contributed by atoms with E-state index in [-0.39, 0.29) is 11.2 Å². The van der Waals surface area contributed by atoms with Gasteiger partial charge in [-0.2, -0.15) is 0 Å². The normalized spacial score (nSPS) is 14.5. The molecule has 0 aromatic rings. The third-order valence-corrected chi connectivity index (χ3v) is 2.61. The van der Waals surface area contributed by atoms with Gasteiger partial charge in [-0.3, -0.25) is 4.79 Å². The number of carbonyl (C=O) groups excluding carboxylic acids is 1. The van der Waals surface area contributed by atoms with E-state index in [1.54, 1.807) is 0 Å². The summed E-state index contributed by atoms with van der Waals surface area (Å²) in [5.74, 6) is 0.879. The van der Waals surface area contributed by atoms with Crippen LogP contribution in [0.15, 0.2) is 0 Å². The van der Waals surface area contributed by atoms with Gasteiger partial charge >= 0.3 is 0 Å². The summed E-state index contributed by atoms with van der Waals surface area (Å²) in [7, 11) is 0. The maximum atomic E-state index is 11.6. The van der Waals surface area contributed by atoms with Crippen LogP contribution in [0.2, 0.25) is 0 Å². The van der Waals surface area contributed by atoms with Crippen LogP contribution in [0.3, 0.4) is 0 Å². The van der Waals surface area contributed by atoms with Crippen LogP contribution in [-0.2, 0) is 4.79 Å². The molecule has 0 bridgehead atoms. The number of nitrogens with one attached hydrogen (secondary N) is 1. The quantitative estimate of drug-likeness (QED) is 0.737. The largest absolute Gasteiger partial charge is 0.307 e. The van der Waals surface area contributed by atoms with Crippen LogP contribution in [0.5, 0.6) is 0 Å². The number of hydrogen-bond donors (Lipinski definition) is 1. The average molecular weight is 199 g/mol. The van der Waals surface area contributed by atoms with Crippen molar-refractivity contribution >= 4 is 5.78 Å². The summed E-state index contributed by atoms with van der Waals surface area (Å²) < 4.78 is 0. The van der Waals surface area contributed by atoms with Crippen molar-refractivity contribution < 1.29 is 4.79 Å². The van der Waals surface area contributed by atoms with Crippen LogP contribution in [0.4, 0.5) is 0 Å². The Labute approximate surface area is 88.5 Å². The van der Waals surface area contributed by atoms with Gasteiger partial charge in [-0.05, 0) is 12.3 Å². The zero-order valence-electron chi connectivity index (χ0n) is 10.5. The zero-order valence-corrected chi connectivity index (χ0v) is 10.5. The Kier molecular flexibility index (Phi) is 5.35. The number of hydrogen-bond acceptors (Lipinski definition) is 2. The molecule has 0 aromatic heterocycles. The first kappa shape index (κ1) is 13.6. The summed E-state index contributed by atoms with van der Waals surface area (Å²) in [5.41, 5.74) is -0.220. The molecule has 1 atom stereocenters. The fraction of sp³-hybridized carbons (Fsp3) is 0.917. The summed E-state index contributed by atoms with van der Waals surface area (Å²) in [4.78, 5) is 11.6. The molecule has 1 N–H and O–H groups in total. The Hall–Kier alpha value is -0.370. The molecule has 0 heterocycles. The Bertz CT molecular complexity index is 179. The van der Waals surface area contributed by atoms with E-state index in [0.29, 0.717) is 18.5 Å². The van der Waals surface area contributed by atoms with E-state index in [1.807, 2.05) is 20.8 Å². The van der Waals surface area contributed by atoms with Gasteiger partial charge in [0.05, 0.1) is 6.54 Å². The first-order chi connectivity index (χ1) is 6.29. The summed E-state index contributed by atoms with van der Waals surface area (Å²) in [6.45, 7) is 12.9. The second-order valence-electron chi connectivity index (χ2n) is 5.31. The van der Waals surface area contributed by atoms with Gasteiger partial charge in [0.15, 0.2) is 5.78 Å². The Balaban J connectivity index is 3.99. The lowest BCUT2D eigenvalue weighted by atomic mass is 9.90. The molecule has 0 aliphatic carbocycles. The van der Waals surface area contributed by atoms with Crippen LogP contribution in [0.1, 0.15) is 48.0 Å². The Morgan fingerprint density at radius 2 is 1.79 bits per heavy atom. The molecule has 2 heteroatoms. The van der Waals surface area contributed by atoms with Gasteiger partial charge in [0.25, 0.3) is 0 Å². The average Bonchev–Trinajstić information content (AvgIpc) is 2.02. The first-order valence-electron chi connectivity index (χ1n) is 5.55. The van der Waals surface area contributed by atoms with E-state index in [1.165, 1.54) is 0 Å². The van der Waals surface area contributed by atoms with Crippen molar-refractivity contribution in [1.82, 2.24) is 5.32 Å². The van der Waals surface area contributed by atoms with E-state index in [2.05, 4.69) is 26.1 Å². The van der Waals surface area contributed by atoms with Gasteiger partial charge in [0, 0.05) is 11.5 Å². The standard InChI is InChI=1S/C12H25NO/c1-7-10(9(2)3)13-8-11(14)12(4,5)6/h9-10,13H,7-8H2,1-6H3. The second-order valence-corrected chi connectivity index (χ2v) is 5.31. The van der Waals surface area contributed by atoms with E-state index in [4.69, 9.17) is 0 Å². The smallest absolute Gasteiger partial charge is 0.151 e. The fourth-order valence-electron chi connectivity index (χ4n) is 1.34. The van der Waals surface area contributed by atoms with Crippen molar-refractivity contribution in [2.45, 2.75) is 54.0 Å². The molecule has 0 saturated heterocycles. The SMILES string of the molecule is CCC(NCC(=O)C(C)(C)C)C(C)C. The molecular formula is C12H25NO. The number of carbonyl (C=O) groups is 1. The summed E-state index contributed by atoms with van der Waals surface area (Å²) >= 11 is 0. The molecule has 84 valence electrons. The lowest BCUT2D eigenvalue weighted by molar-refractivity contribution is -0.125. The molecule has 0 fully saturated rings. The number of Topliss-reactive ketones (excluding diaryl/α,β-unsaturated/α-hetero) is 1. The summed E-state index contributed by atoms with van der Waals surface area (Å²) in [6, 6.07) is 0.460. The topological polar surface area (TPSA) is 29.1 Å². The molecule has 0 aromatic carbocycles. The van der Waals surface area contributed by atoms with Crippen molar-refractivity contribution in [3.05, 3.63) is 0 Å². The second kappa shape index (κ2) is 5.50. The summed E-state index contributed by atoms with van der Waals surface area (Å²) in [5, 5.41) is 3.33. The predicted molar refractivity (Wildman–Crippen MR) is 61.4 cm³/mol. The van der Waals surface area contributed by atoms with Gasteiger partial charge in [0.1, 0.15) is 0 Å². The molecule has 14 heavy (non-hydrogen) atoms.